The van der Waals surface area contributed by atoms with E-state index in [-0.39, 0.29) is 0 Å². The summed E-state index contributed by atoms with van der Waals surface area (Å²) in [6, 6.07) is 5.40. The highest BCUT2D eigenvalue weighted by Gasteiger charge is 2.23. The molecule has 0 unspecified atom stereocenters. The van der Waals surface area contributed by atoms with Gasteiger partial charge in [-0.05, 0) is 43.4 Å². The van der Waals surface area contributed by atoms with Crippen LogP contribution in [0.4, 0.5) is 13.8 Å². The second-order valence-electron chi connectivity index (χ2n) is 5.43. The van der Waals surface area contributed by atoms with E-state index < -0.39 is 23.1 Å². The minimum absolute atomic E-state index is 0.382. The molecule has 0 atom stereocenters. The van der Waals surface area contributed by atoms with Crippen LogP contribution in [-0.2, 0) is 12.8 Å². The number of halogens is 2. The van der Waals surface area contributed by atoms with E-state index in [0.29, 0.717) is 10.6 Å². The van der Waals surface area contributed by atoms with Gasteiger partial charge >= 0.3 is 0 Å². The molecule has 0 radical (unpaired) electrons. The van der Waals surface area contributed by atoms with Gasteiger partial charge in [-0.25, -0.2) is 8.78 Å². The molecule has 6 heteroatoms. The van der Waals surface area contributed by atoms with E-state index >= 15 is 0 Å². The van der Waals surface area contributed by atoms with Crippen molar-refractivity contribution in [2.24, 2.45) is 0 Å². The summed E-state index contributed by atoms with van der Waals surface area (Å²) in [5.74, 6) is -2.70. The van der Waals surface area contributed by atoms with E-state index in [1.54, 1.807) is 0 Å². The lowest BCUT2D eigenvalue weighted by Crippen LogP contribution is -2.15. The van der Waals surface area contributed by atoms with Crippen LogP contribution in [0.15, 0.2) is 18.2 Å². The molecule has 1 aromatic carbocycles. The molecule has 1 aliphatic carbocycles. The van der Waals surface area contributed by atoms with Gasteiger partial charge in [-0.15, -0.1) is 11.3 Å². The van der Waals surface area contributed by atoms with Crippen LogP contribution in [0.2, 0.25) is 0 Å². The van der Waals surface area contributed by atoms with E-state index in [2.05, 4.69) is 11.4 Å². The Kier molecular flexibility index (Phi) is 4.39. The first-order chi connectivity index (χ1) is 11.1. The maximum Gasteiger partial charge on any atom is 0.262 e. The van der Waals surface area contributed by atoms with E-state index in [0.717, 1.165) is 54.7 Å². The summed E-state index contributed by atoms with van der Waals surface area (Å²) in [5.41, 5.74) is 0.774. The van der Waals surface area contributed by atoms with Crippen LogP contribution in [0, 0.1) is 23.0 Å². The van der Waals surface area contributed by atoms with Crippen LogP contribution in [0.3, 0.4) is 0 Å². The minimum Gasteiger partial charge on any atom is -0.312 e. The van der Waals surface area contributed by atoms with Gasteiger partial charge in [0.05, 0.1) is 5.56 Å². The zero-order valence-corrected chi connectivity index (χ0v) is 13.1. The third-order valence-electron chi connectivity index (χ3n) is 3.95. The fourth-order valence-electron chi connectivity index (χ4n) is 2.83. The Labute approximate surface area is 136 Å². The average molecular weight is 332 g/mol. The van der Waals surface area contributed by atoms with Gasteiger partial charge in [0.1, 0.15) is 28.3 Å². The number of rotatable bonds is 2. The summed E-state index contributed by atoms with van der Waals surface area (Å²) in [7, 11) is 0. The molecule has 3 nitrogen and oxygen atoms in total. The van der Waals surface area contributed by atoms with E-state index in [4.69, 9.17) is 0 Å². The molecule has 0 fully saturated rings. The fraction of sp³-hybridized carbons (Fsp3) is 0.294. The van der Waals surface area contributed by atoms with Gasteiger partial charge in [0.2, 0.25) is 0 Å². The summed E-state index contributed by atoms with van der Waals surface area (Å²) in [4.78, 5) is 13.3. The van der Waals surface area contributed by atoms with Gasteiger partial charge in [-0.3, -0.25) is 4.79 Å². The molecular formula is C17H14F2N2OS. The Morgan fingerprint density at radius 3 is 2.57 bits per heavy atom. The molecule has 1 aromatic heterocycles. The monoisotopic (exact) mass is 332 g/mol. The molecule has 1 heterocycles. The third-order valence-corrected chi connectivity index (χ3v) is 5.16. The van der Waals surface area contributed by atoms with E-state index in [1.165, 1.54) is 17.4 Å². The van der Waals surface area contributed by atoms with Gasteiger partial charge in [0.25, 0.3) is 5.91 Å². The summed E-state index contributed by atoms with van der Waals surface area (Å²) in [6.45, 7) is 0. The van der Waals surface area contributed by atoms with Crippen molar-refractivity contribution in [3.63, 3.8) is 0 Å². The van der Waals surface area contributed by atoms with Crippen molar-refractivity contribution in [2.45, 2.75) is 32.1 Å². The molecule has 0 bridgehead atoms. The average Bonchev–Trinajstić information content (AvgIpc) is 2.67. The van der Waals surface area contributed by atoms with Crippen LogP contribution in [-0.4, -0.2) is 5.91 Å². The van der Waals surface area contributed by atoms with Gasteiger partial charge in [0, 0.05) is 4.88 Å². The maximum atomic E-state index is 13.7. The molecule has 2 aromatic rings. The third kappa shape index (κ3) is 2.97. The van der Waals surface area contributed by atoms with Crippen molar-refractivity contribution in [2.75, 3.05) is 5.32 Å². The summed E-state index contributed by atoms with van der Waals surface area (Å²) in [6.07, 6.45) is 4.85. The van der Waals surface area contributed by atoms with Crippen LogP contribution in [0.1, 0.15) is 45.6 Å². The first kappa shape index (κ1) is 15.6. The number of fused-ring (bicyclic) bond motifs is 1. The summed E-state index contributed by atoms with van der Waals surface area (Å²) in [5, 5.41) is 12.3. The lowest BCUT2D eigenvalue weighted by Gasteiger charge is -2.06. The quantitative estimate of drug-likeness (QED) is 0.828. The number of hydrogen-bond acceptors (Lipinski definition) is 3. The van der Waals surface area contributed by atoms with Crippen LogP contribution in [0.5, 0.6) is 0 Å². The lowest BCUT2D eigenvalue weighted by molar-refractivity contribution is 0.101. The number of nitrogens with one attached hydrogen (secondary N) is 1. The molecular weight excluding hydrogens is 318 g/mol. The Bertz CT molecular complexity index is 787. The van der Waals surface area contributed by atoms with Crippen molar-refractivity contribution in [3.8, 4) is 6.07 Å². The lowest BCUT2D eigenvalue weighted by atomic mass is 10.1. The predicted octanol–water partition coefficient (Wildman–Crippen LogP) is 4.42. The maximum absolute atomic E-state index is 13.7. The number of nitrogens with zero attached hydrogens (tertiary/aromatic N) is 1. The molecule has 3 rings (SSSR count). The second kappa shape index (κ2) is 6.47. The molecule has 0 saturated heterocycles. The van der Waals surface area contributed by atoms with Gasteiger partial charge in [-0.2, -0.15) is 5.26 Å². The topological polar surface area (TPSA) is 52.9 Å². The zero-order chi connectivity index (χ0) is 16.4. The first-order valence-electron chi connectivity index (χ1n) is 7.42. The van der Waals surface area contributed by atoms with E-state index in [1.807, 2.05) is 0 Å². The second-order valence-corrected chi connectivity index (χ2v) is 6.54. The van der Waals surface area contributed by atoms with Crippen LogP contribution < -0.4 is 5.32 Å². The fourth-order valence-corrected chi connectivity index (χ4v) is 4.06. The number of benzene rings is 1. The van der Waals surface area contributed by atoms with Crippen LogP contribution >= 0.6 is 11.3 Å². The number of thiophene rings is 1. The molecule has 1 aliphatic rings. The van der Waals surface area contributed by atoms with E-state index in [9.17, 15) is 18.8 Å². The molecule has 23 heavy (non-hydrogen) atoms. The standard InChI is InChI=1S/C17H14F2N2OS/c18-12-6-4-7-13(19)15(12)16(22)21-17-11(9-20)10-5-2-1-3-8-14(10)23-17/h4,6-7H,1-3,5,8H2,(H,21,22). The summed E-state index contributed by atoms with van der Waals surface area (Å²) >= 11 is 1.34. The Balaban J connectivity index is 1.95. The number of hydrogen-bond donors (Lipinski definition) is 1. The molecule has 1 amide bonds. The number of carbonyl (C=O) groups excluding carboxylic acids is 1. The minimum atomic E-state index is -0.917. The number of anilines is 1. The van der Waals surface area contributed by atoms with Gasteiger partial charge in [-0.1, -0.05) is 12.5 Å². The highest BCUT2D eigenvalue weighted by Crippen LogP contribution is 2.37. The molecule has 1 N–H and O–H groups in total. The normalized spacial score (nSPS) is 13.8. The largest absolute Gasteiger partial charge is 0.312 e. The Morgan fingerprint density at radius 1 is 1.17 bits per heavy atom. The molecule has 0 spiro atoms. The smallest absolute Gasteiger partial charge is 0.262 e. The molecule has 0 saturated carbocycles. The number of carbonyl (C=O) groups is 1. The summed E-state index contributed by atoms with van der Waals surface area (Å²) < 4.78 is 27.4. The highest BCUT2D eigenvalue weighted by atomic mass is 32.1. The number of nitriles is 1. The van der Waals surface area contributed by atoms with Crippen molar-refractivity contribution >= 4 is 22.2 Å². The number of aryl methyl sites for hydroxylation is 1. The van der Waals surface area contributed by atoms with Crippen molar-refractivity contribution in [1.29, 1.82) is 5.26 Å². The Morgan fingerprint density at radius 2 is 1.87 bits per heavy atom. The SMILES string of the molecule is N#Cc1c(NC(=O)c2c(F)cccc2F)sc2c1CCCCC2. The molecule has 118 valence electrons. The van der Waals surface area contributed by atoms with Crippen molar-refractivity contribution in [1.82, 2.24) is 0 Å². The molecule has 0 aliphatic heterocycles. The van der Waals surface area contributed by atoms with Crippen molar-refractivity contribution < 1.29 is 13.6 Å². The predicted molar refractivity (Wildman–Crippen MR) is 84.6 cm³/mol. The Hall–Kier alpha value is -2.26. The first-order valence-corrected chi connectivity index (χ1v) is 8.23. The van der Waals surface area contributed by atoms with Crippen molar-refractivity contribution in [3.05, 3.63) is 51.4 Å². The number of amides is 1. The highest BCUT2D eigenvalue weighted by molar-refractivity contribution is 7.16. The zero-order valence-electron chi connectivity index (χ0n) is 12.3. The van der Waals surface area contributed by atoms with Gasteiger partial charge in [0.15, 0.2) is 0 Å². The van der Waals surface area contributed by atoms with Crippen LogP contribution in [0.25, 0.3) is 0 Å². The van der Waals surface area contributed by atoms with Gasteiger partial charge < -0.3 is 5.32 Å².